The summed E-state index contributed by atoms with van der Waals surface area (Å²) in [6, 6.07) is 3.23. The van der Waals surface area contributed by atoms with Crippen LogP contribution in [0.4, 0.5) is 18.8 Å². The smallest absolute Gasteiger partial charge is 0.407 e. The van der Waals surface area contributed by atoms with Gasteiger partial charge in [0.05, 0.1) is 37.2 Å². The molecule has 1 radical (unpaired) electrons. The standard InChI is InChI=1S/C28H46N6O12S2.C6H15N.C4H7ClO4S.CH3F.Mn/c1-32-11-13-33(23(25(35)36)7-9-29-27(39)45-15-17-47(2,41)42)19-21-5-4-6-22(31-21)20-34(14-12-32)24(26(37)38)8-10-30-28(40)46-16-18-48(3,43)44;1-4-7(5-2)6-3;1-10(7,8)3-2-9-4(5)6;1-2;/h4-6,23-24H,7-20H2,1-3H3,(H,29,39)(H,30,40)(H,35,36)(H,37,38);4-6H2,1-3H3;2-3H2,1H3;1H3;/i;;;1D;. The number of pyridine rings is 1. The molecule has 4 N–H and O–H groups in total. The van der Waals surface area contributed by atoms with Crippen molar-refractivity contribution in [1.82, 2.24) is 35.2 Å². The summed E-state index contributed by atoms with van der Waals surface area (Å²) in [5, 5.41) is 25.1. The number of fused-ring (bicyclic) bond motifs is 2. The SMILES string of the molecule is CCN(CC)CC.CN1CCN(C(CCNC(=O)OCCS(C)(=O)=O)C(=O)O)Cc2cccc(n2)CN(C(CCNC(=O)OCCS(C)(=O)=O)C(=O)O)CC1.CS(=O)(=O)CCOC(=O)Cl.[2H]CF.[Mn]. The van der Waals surface area contributed by atoms with Crippen molar-refractivity contribution < 1.29 is 96.5 Å². The molecule has 2 amide bonds. The Morgan fingerprint density at radius 2 is 1.07 bits per heavy atom. The van der Waals surface area contributed by atoms with Crippen molar-refractivity contribution in [1.29, 1.82) is 0 Å². The first-order chi connectivity index (χ1) is 31.6. The minimum absolute atomic E-state index is 0. The van der Waals surface area contributed by atoms with Gasteiger partial charge in [0, 0.05) is 99.8 Å². The number of carboxylic acids is 2. The van der Waals surface area contributed by atoms with E-state index >= 15 is 0 Å². The quantitative estimate of drug-likeness (QED) is 0.0720. The molecule has 1 aliphatic rings. The molecule has 2 atom stereocenters. The van der Waals surface area contributed by atoms with E-state index in [9.17, 15) is 63.8 Å². The van der Waals surface area contributed by atoms with Gasteiger partial charge in [-0.25, -0.2) is 39.6 Å². The fourth-order valence-electron chi connectivity index (χ4n) is 5.69. The number of halogens is 2. The molecular formula is C39H71ClFMnN7O16S3. The van der Waals surface area contributed by atoms with Crippen LogP contribution in [0.3, 0.4) is 0 Å². The molecule has 2 rings (SSSR count). The van der Waals surface area contributed by atoms with Gasteiger partial charge in [0.2, 0.25) is 0 Å². The molecule has 0 saturated carbocycles. The van der Waals surface area contributed by atoms with Gasteiger partial charge in [-0.3, -0.25) is 28.8 Å². The molecule has 2 heterocycles. The van der Waals surface area contributed by atoms with Crippen molar-refractivity contribution in [3.8, 4) is 0 Å². The molecule has 2 bridgehead atoms. The Hall–Kier alpha value is -3.47. The van der Waals surface area contributed by atoms with Crippen LogP contribution in [-0.4, -0.2) is 231 Å². The maximum atomic E-state index is 12.3. The third kappa shape index (κ3) is 37.4. The van der Waals surface area contributed by atoms with Crippen molar-refractivity contribution in [2.24, 2.45) is 0 Å². The topological polar surface area (TPSA) is 306 Å². The molecule has 0 saturated heterocycles. The van der Waals surface area contributed by atoms with E-state index in [4.69, 9.17) is 22.4 Å². The van der Waals surface area contributed by atoms with E-state index in [1.165, 1.54) is 19.6 Å². The summed E-state index contributed by atoms with van der Waals surface area (Å²) in [6.45, 7) is 11.0. The molecule has 23 nitrogen and oxygen atoms in total. The van der Waals surface area contributed by atoms with Crippen LogP contribution in [0.2, 0.25) is 0 Å². The molecule has 0 aromatic carbocycles. The molecule has 0 fully saturated rings. The van der Waals surface area contributed by atoms with Gasteiger partial charge in [-0.05, 0) is 51.7 Å². The molecule has 1 aromatic rings. The van der Waals surface area contributed by atoms with Gasteiger partial charge in [-0.1, -0.05) is 26.8 Å². The predicted molar refractivity (Wildman–Crippen MR) is 250 cm³/mol. The summed E-state index contributed by atoms with van der Waals surface area (Å²) in [5.74, 6) is -3.05. The summed E-state index contributed by atoms with van der Waals surface area (Å²) in [4.78, 5) is 70.9. The Morgan fingerprint density at radius 3 is 1.35 bits per heavy atom. The van der Waals surface area contributed by atoms with Crippen LogP contribution in [0.25, 0.3) is 0 Å². The number of aromatic nitrogens is 1. The third-order valence-electron chi connectivity index (χ3n) is 9.34. The monoisotopic (exact) mass is 1100 g/mol. The Morgan fingerprint density at radius 1 is 0.735 bits per heavy atom. The number of ether oxygens (including phenoxy) is 3. The Labute approximate surface area is 417 Å². The second-order valence-electron chi connectivity index (χ2n) is 14.9. The maximum absolute atomic E-state index is 12.3. The van der Waals surface area contributed by atoms with Crippen molar-refractivity contribution >= 4 is 70.7 Å². The number of sulfone groups is 3. The van der Waals surface area contributed by atoms with E-state index in [-0.39, 0.29) is 93.2 Å². The van der Waals surface area contributed by atoms with Crippen LogP contribution < -0.4 is 10.6 Å². The van der Waals surface area contributed by atoms with Gasteiger partial charge in [-0.15, -0.1) is 0 Å². The minimum atomic E-state index is -3.31. The number of nitrogens with one attached hydrogen (secondary N) is 2. The summed E-state index contributed by atoms with van der Waals surface area (Å²) < 4.78 is 95.0. The molecule has 1 aromatic heterocycles. The number of likely N-dealkylation sites (N-methyl/N-ethyl adjacent to an activating group) is 1. The number of rotatable bonds is 22. The zero-order valence-electron chi connectivity index (χ0n) is 40.7. The number of nitrogens with zero attached hydrogens (tertiary/aromatic N) is 5. The summed E-state index contributed by atoms with van der Waals surface area (Å²) in [7, 11) is -8.84. The van der Waals surface area contributed by atoms with Crippen LogP contribution in [0.15, 0.2) is 18.2 Å². The fraction of sp³-hybridized carbons (Fsp3) is 0.744. The number of aliphatic carboxylic acids is 2. The molecule has 397 valence electrons. The average Bonchev–Trinajstić information content (AvgIpc) is 3.21. The molecule has 0 aliphatic carbocycles. The number of hydrogen-bond acceptors (Lipinski definition) is 19. The predicted octanol–water partition coefficient (Wildman–Crippen LogP) is 1.20. The van der Waals surface area contributed by atoms with Gasteiger partial charge >= 0.3 is 29.6 Å². The Bertz CT molecular complexity index is 1890. The van der Waals surface area contributed by atoms with Crippen LogP contribution in [0.5, 0.6) is 0 Å². The van der Waals surface area contributed by atoms with Crippen molar-refractivity contribution in [3.63, 3.8) is 0 Å². The largest absolute Gasteiger partial charge is 0.480 e. The molecule has 29 heteroatoms. The first kappa shape index (κ1) is 66.6. The van der Waals surface area contributed by atoms with Crippen LogP contribution in [-0.2, 0) is 83.5 Å². The first-order valence-corrected chi connectivity index (χ1v) is 27.5. The van der Waals surface area contributed by atoms with Crippen molar-refractivity contribution in [3.05, 3.63) is 29.6 Å². The van der Waals surface area contributed by atoms with Crippen LogP contribution >= 0.6 is 11.6 Å². The molecule has 1 aliphatic heterocycles. The normalized spacial score (nSPS) is 14.8. The van der Waals surface area contributed by atoms with E-state index in [0.717, 1.165) is 18.8 Å². The number of amides is 2. The first-order valence-electron chi connectivity index (χ1n) is 21.6. The maximum Gasteiger partial charge on any atom is 0.407 e. The molecule has 0 spiro atoms. The summed E-state index contributed by atoms with van der Waals surface area (Å²) >= 11 is 4.75. The fourth-order valence-corrected chi connectivity index (χ4v) is 6.92. The van der Waals surface area contributed by atoms with Gasteiger partial charge in [0.1, 0.15) is 31.9 Å². The Balaban J connectivity index is -0.00000172. The molecular weight excluding hydrogens is 1030 g/mol. The van der Waals surface area contributed by atoms with Gasteiger partial charge in [0.25, 0.3) is 0 Å². The van der Waals surface area contributed by atoms with E-state index in [0.29, 0.717) is 37.6 Å². The number of alkyl carbamates (subject to hydrolysis) is 2. The number of carbonyl (C=O) groups is 5. The van der Waals surface area contributed by atoms with Crippen LogP contribution in [0, 0.1) is 0 Å². The zero-order valence-corrected chi connectivity index (χ0v) is 44.1. The van der Waals surface area contributed by atoms with Gasteiger partial charge < -0.3 is 44.9 Å². The van der Waals surface area contributed by atoms with E-state index in [1.54, 1.807) is 28.0 Å². The number of alkyl halides is 1. The van der Waals surface area contributed by atoms with Gasteiger partial charge in [-0.2, -0.15) is 0 Å². The number of hydrogen-bond donors (Lipinski definition) is 4. The van der Waals surface area contributed by atoms with E-state index in [2.05, 4.69) is 46.0 Å². The number of carbonyl (C=O) groups excluding carboxylic acids is 3. The minimum Gasteiger partial charge on any atom is -0.480 e. The third-order valence-corrected chi connectivity index (χ3v) is 12.2. The molecule has 2 unspecified atom stereocenters. The summed E-state index contributed by atoms with van der Waals surface area (Å²) in [6.07, 6.45) is 1.45. The van der Waals surface area contributed by atoms with E-state index in [1.807, 2.05) is 11.9 Å². The average molecular weight is 1100 g/mol. The second-order valence-corrected chi connectivity index (χ2v) is 22.0. The van der Waals surface area contributed by atoms with Crippen molar-refractivity contribution in [2.75, 3.05) is 129 Å². The van der Waals surface area contributed by atoms with Crippen molar-refractivity contribution in [2.45, 2.75) is 58.8 Å². The Kier molecular flexibility index (Phi) is 36.6. The van der Waals surface area contributed by atoms with E-state index < -0.39 is 78.3 Å². The van der Waals surface area contributed by atoms with Crippen LogP contribution in [0.1, 0.15) is 46.4 Å². The van der Waals surface area contributed by atoms with Gasteiger partial charge in [0.15, 0.2) is 29.5 Å². The number of carboxylic acid groups (broad SMARTS) is 2. The second kappa shape index (κ2) is 37.4. The molecule has 68 heavy (non-hydrogen) atoms. The summed E-state index contributed by atoms with van der Waals surface area (Å²) in [5.41, 5.74) is 0.129. The zero-order chi connectivity index (χ0) is 52.5.